The second kappa shape index (κ2) is 7.15. The summed E-state index contributed by atoms with van der Waals surface area (Å²) in [5.41, 5.74) is 0.298. The Morgan fingerprint density at radius 2 is 2.09 bits per heavy atom. The van der Waals surface area contributed by atoms with E-state index in [1.54, 1.807) is 19.0 Å². The fraction of sp³-hybridized carbons (Fsp3) is 0.688. The molecule has 0 saturated carbocycles. The minimum absolute atomic E-state index is 0.00624. The lowest BCUT2D eigenvalue weighted by molar-refractivity contribution is -0.165. The van der Waals surface area contributed by atoms with Crippen LogP contribution in [0.4, 0.5) is 0 Å². The van der Waals surface area contributed by atoms with Gasteiger partial charge >= 0.3 is 0 Å². The van der Waals surface area contributed by atoms with E-state index in [-0.39, 0.29) is 5.91 Å². The maximum absolute atomic E-state index is 12.3. The molecule has 6 heteroatoms. The number of nitrogens with zero attached hydrogens (tertiary/aromatic N) is 4. The molecule has 1 aliphatic heterocycles. The number of aromatic nitrogens is 2. The van der Waals surface area contributed by atoms with Gasteiger partial charge in [-0.05, 0) is 13.3 Å². The van der Waals surface area contributed by atoms with Crippen LogP contribution >= 0.6 is 0 Å². The summed E-state index contributed by atoms with van der Waals surface area (Å²) in [6, 6.07) is 0. The fourth-order valence-electron chi connectivity index (χ4n) is 2.76. The molecule has 2 rings (SSSR count). The monoisotopic (exact) mass is 306 g/mol. The van der Waals surface area contributed by atoms with Gasteiger partial charge in [0.1, 0.15) is 5.82 Å². The molecule has 0 aliphatic carbocycles. The molecular formula is C16H26N4O2. The summed E-state index contributed by atoms with van der Waals surface area (Å²) in [7, 11) is 3.52. The first-order valence-corrected chi connectivity index (χ1v) is 7.82. The van der Waals surface area contributed by atoms with Crippen molar-refractivity contribution >= 4 is 5.91 Å². The highest BCUT2D eigenvalue weighted by Crippen LogP contribution is 2.21. The standard InChI is InChI=1S/C16H26N4O2/c1-5-6-14-17-9-13(10-18-14)11-20-7-8-22-16(2,12-20)15(21)19(3)4/h9-10H,5-8,11-12H2,1-4H3/t16-/m0/s1. The number of rotatable bonds is 5. The molecule has 0 spiro atoms. The van der Waals surface area contributed by atoms with Gasteiger partial charge in [0.05, 0.1) is 6.61 Å². The van der Waals surface area contributed by atoms with Gasteiger partial charge in [-0.15, -0.1) is 0 Å². The highest BCUT2D eigenvalue weighted by molar-refractivity contribution is 5.84. The van der Waals surface area contributed by atoms with Crippen LogP contribution in [0.3, 0.4) is 0 Å². The van der Waals surface area contributed by atoms with Crippen LogP contribution in [0.1, 0.15) is 31.7 Å². The van der Waals surface area contributed by atoms with Gasteiger partial charge < -0.3 is 9.64 Å². The molecule has 0 N–H and O–H groups in total. The van der Waals surface area contributed by atoms with E-state index in [1.807, 2.05) is 19.3 Å². The highest BCUT2D eigenvalue weighted by Gasteiger charge is 2.40. The van der Waals surface area contributed by atoms with Gasteiger partial charge in [-0.2, -0.15) is 0 Å². The second-order valence-corrected chi connectivity index (χ2v) is 6.25. The number of aryl methyl sites for hydroxylation is 1. The van der Waals surface area contributed by atoms with Crippen molar-refractivity contribution in [2.24, 2.45) is 0 Å². The van der Waals surface area contributed by atoms with Gasteiger partial charge in [-0.25, -0.2) is 9.97 Å². The predicted octanol–water partition coefficient (Wildman–Crippen LogP) is 1.11. The van der Waals surface area contributed by atoms with Crippen LogP contribution in [-0.4, -0.2) is 65.1 Å². The quantitative estimate of drug-likeness (QED) is 0.815. The van der Waals surface area contributed by atoms with Crippen molar-refractivity contribution in [2.45, 2.75) is 38.8 Å². The van der Waals surface area contributed by atoms with E-state index in [0.29, 0.717) is 13.2 Å². The van der Waals surface area contributed by atoms with E-state index < -0.39 is 5.60 Å². The Balaban J connectivity index is 1.99. The molecule has 22 heavy (non-hydrogen) atoms. The number of ether oxygens (including phenoxy) is 1. The van der Waals surface area contributed by atoms with Crippen molar-refractivity contribution in [1.82, 2.24) is 19.8 Å². The van der Waals surface area contributed by atoms with Crippen molar-refractivity contribution in [3.05, 3.63) is 23.8 Å². The lowest BCUT2D eigenvalue weighted by atomic mass is 10.0. The molecule has 1 aromatic rings. The number of likely N-dealkylation sites (N-methyl/N-ethyl adjacent to an activating group) is 1. The molecule has 1 aliphatic rings. The fourth-order valence-corrected chi connectivity index (χ4v) is 2.76. The normalized spacial score (nSPS) is 22.5. The van der Waals surface area contributed by atoms with Crippen LogP contribution in [0.25, 0.3) is 0 Å². The van der Waals surface area contributed by atoms with E-state index in [1.165, 1.54) is 0 Å². The third kappa shape index (κ3) is 4.01. The summed E-state index contributed by atoms with van der Waals surface area (Å²) in [6.07, 6.45) is 5.73. The summed E-state index contributed by atoms with van der Waals surface area (Å²) >= 11 is 0. The lowest BCUT2D eigenvalue weighted by Crippen LogP contribution is -2.57. The zero-order valence-electron chi connectivity index (χ0n) is 14.0. The third-order valence-electron chi connectivity index (χ3n) is 3.85. The molecule has 0 bridgehead atoms. The maximum Gasteiger partial charge on any atom is 0.255 e. The zero-order chi connectivity index (χ0) is 16.2. The molecule has 1 atom stereocenters. The van der Waals surface area contributed by atoms with Crippen LogP contribution in [0, 0.1) is 0 Å². The molecule has 1 fully saturated rings. The Morgan fingerprint density at radius 3 is 2.68 bits per heavy atom. The first-order chi connectivity index (χ1) is 10.4. The SMILES string of the molecule is CCCc1ncc(CN2CCO[C@](C)(C(=O)N(C)C)C2)cn1. The summed E-state index contributed by atoms with van der Waals surface area (Å²) in [6.45, 7) is 6.68. The lowest BCUT2D eigenvalue weighted by Gasteiger charge is -2.40. The Bertz CT molecular complexity index is 503. The van der Waals surface area contributed by atoms with Crippen molar-refractivity contribution in [3.8, 4) is 0 Å². The van der Waals surface area contributed by atoms with Crippen molar-refractivity contribution in [2.75, 3.05) is 33.8 Å². The van der Waals surface area contributed by atoms with Crippen LogP contribution in [0.5, 0.6) is 0 Å². The van der Waals surface area contributed by atoms with Crippen LogP contribution < -0.4 is 0 Å². The minimum Gasteiger partial charge on any atom is -0.363 e. The first kappa shape index (κ1) is 16.8. The maximum atomic E-state index is 12.3. The molecule has 1 aromatic heterocycles. The van der Waals surface area contributed by atoms with E-state index in [9.17, 15) is 4.79 Å². The van der Waals surface area contributed by atoms with Gasteiger partial charge in [0.2, 0.25) is 0 Å². The van der Waals surface area contributed by atoms with Crippen LogP contribution in [0.2, 0.25) is 0 Å². The molecule has 0 radical (unpaired) electrons. The smallest absolute Gasteiger partial charge is 0.255 e. The molecule has 6 nitrogen and oxygen atoms in total. The Labute approximate surface area is 132 Å². The van der Waals surface area contributed by atoms with Gasteiger partial charge in [0, 0.05) is 58.1 Å². The van der Waals surface area contributed by atoms with Gasteiger partial charge in [0.15, 0.2) is 5.60 Å². The Kier molecular flexibility index (Phi) is 5.47. The first-order valence-electron chi connectivity index (χ1n) is 7.82. The predicted molar refractivity (Wildman–Crippen MR) is 84.4 cm³/mol. The summed E-state index contributed by atoms with van der Waals surface area (Å²) < 4.78 is 5.74. The largest absolute Gasteiger partial charge is 0.363 e. The number of carbonyl (C=O) groups excluding carboxylic acids is 1. The number of hydrogen-bond donors (Lipinski definition) is 0. The highest BCUT2D eigenvalue weighted by atomic mass is 16.5. The van der Waals surface area contributed by atoms with Crippen molar-refractivity contribution < 1.29 is 9.53 Å². The number of hydrogen-bond acceptors (Lipinski definition) is 5. The number of amides is 1. The molecule has 1 saturated heterocycles. The van der Waals surface area contributed by atoms with Crippen molar-refractivity contribution in [3.63, 3.8) is 0 Å². The van der Waals surface area contributed by atoms with E-state index in [0.717, 1.165) is 37.3 Å². The molecule has 2 heterocycles. The summed E-state index contributed by atoms with van der Waals surface area (Å²) in [4.78, 5) is 24.9. The van der Waals surface area contributed by atoms with E-state index >= 15 is 0 Å². The summed E-state index contributed by atoms with van der Waals surface area (Å²) in [5.74, 6) is 0.896. The van der Waals surface area contributed by atoms with Crippen LogP contribution in [0.15, 0.2) is 12.4 Å². The third-order valence-corrected chi connectivity index (χ3v) is 3.85. The Morgan fingerprint density at radius 1 is 1.41 bits per heavy atom. The van der Waals surface area contributed by atoms with Crippen molar-refractivity contribution in [1.29, 1.82) is 0 Å². The average molecular weight is 306 g/mol. The minimum atomic E-state index is -0.773. The number of morpholine rings is 1. The van der Waals surface area contributed by atoms with Gasteiger partial charge in [-0.3, -0.25) is 9.69 Å². The molecule has 1 amide bonds. The topological polar surface area (TPSA) is 58.6 Å². The average Bonchev–Trinajstić information content (AvgIpc) is 2.49. The number of carbonyl (C=O) groups is 1. The van der Waals surface area contributed by atoms with E-state index in [4.69, 9.17) is 4.74 Å². The molecule has 0 unspecified atom stereocenters. The second-order valence-electron chi connectivity index (χ2n) is 6.25. The van der Waals surface area contributed by atoms with Gasteiger partial charge in [0.25, 0.3) is 5.91 Å². The molecule has 122 valence electrons. The molecular weight excluding hydrogens is 280 g/mol. The van der Waals surface area contributed by atoms with E-state index in [2.05, 4.69) is 21.8 Å². The van der Waals surface area contributed by atoms with Gasteiger partial charge in [-0.1, -0.05) is 6.92 Å². The molecule has 0 aromatic carbocycles. The zero-order valence-corrected chi connectivity index (χ0v) is 14.0. The Hall–Kier alpha value is -1.53. The van der Waals surface area contributed by atoms with Crippen LogP contribution in [-0.2, 0) is 22.5 Å². The summed E-state index contributed by atoms with van der Waals surface area (Å²) in [5, 5.41) is 0.